The summed E-state index contributed by atoms with van der Waals surface area (Å²) in [5.41, 5.74) is 10.5. The average molecular weight is 788 g/mol. The molecule has 61 heavy (non-hydrogen) atoms. The zero-order valence-corrected chi connectivity index (χ0v) is 33.6. The summed E-state index contributed by atoms with van der Waals surface area (Å²) in [7, 11) is 0. The van der Waals surface area contributed by atoms with Gasteiger partial charge in [0.05, 0.1) is 27.5 Å². The molecular weight excluding hydrogens is 747 g/mol. The third kappa shape index (κ3) is 4.82. The van der Waals surface area contributed by atoms with E-state index in [0.717, 1.165) is 102 Å². The number of benzene rings is 7. The molecule has 6 heteroatoms. The second-order valence-electron chi connectivity index (χ2n) is 18.2. The van der Waals surface area contributed by atoms with Gasteiger partial charge in [-0.05, 0) is 98.7 Å². The highest BCUT2D eigenvalue weighted by Gasteiger charge is 2.53. The Balaban J connectivity index is 1.07. The first-order valence-electron chi connectivity index (χ1n) is 22.0. The van der Waals surface area contributed by atoms with Gasteiger partial charge in [0.1, 0.15) is 11.4 Å². The van der Waals surface area contributed by atoms with Crippen molar-refractivity contribution in [2.45, 2.75) is 43.9 Å². The minimum absolute atomic E-state index is 0.0264. The highest BCUT2D eigenvalue weighted by Crippen LogP contribution is 2.60. The van der Waals surface area contributed by atoms with Gasteiger partial charge in [0.15, 0.2) is 17.2 Å². The zero-order chi connectivity index (χ0) is 39.8. The van der Waals surface area contributed by atoms with Crippen molar-refractivity contribution < 1.29 is 4.42 Å². The van der Waals surface area contributed by atoms with Gasteiger partial charge in [-0.3, -0.25) is 0 Å². The largest absolute Gasteiger partial charge is 0.454 e. The van der Waals surface area contributed by atoms with E-state index in [0.29, 0.717) is 0 Å². The molecule has 4 saturated carbocycles. The Bertz CT molecular complexity index is 3540. The summed E-state index contributed by atoms with van der Waals surface area (Å²) in [5.74, 6) is 4.87. The molecule has 15 rings (SSSR count). The van der Waals surface area contributed by atoms with E-state index in [1.165, 1.54) is 60.1 Å². The van der Waals surface area contributed by atoms with Crippen LogP contribution in [0.3, 0.4) is 0 Å². The van der Waals surface area contributed by atoms with Crippen molar-refractivity contribution in [3.63, 3.8) is 0 Å². The topological polar surface area (TPSA) is 61.7 Å². The molecule has 0 atom stereocenters. The lowest BCUT2D eigenvalue weighted by Crippen LogP contribution is -2.49. The smallest absolute Gasteiger partial charge is 0.163 e. The lowest BCUT2D eigenvalue weighted by Gasteiger charge is -2.56. The Morgan fingerprint density at radius 2 is 0.984 bits per heavy atom. The van der Waals surface area contributed by atoms with E-state index in [4.69, 9.17) is 19.4 Å². The minimum Gasteiger partial charge on any atom is -0.454 e. The number of fused-ring (bicyclic) bond motifs is 12. The van der Waals surface area contributed by atoms with Crippen molar-refractivity contribution >= 4 is 65.6 Å². The maximum Gasteiger partial charge on any atom is 0.163 e. The van der Waals surface area contributed by atoms with E-state index in [1.807, 2.05) is 0 Å². The summed E-state index contributed by atoms with van der Waals surface area (Å²) in [6.07, 6.45) is 7.72. The normalized spacial score (nSPS) is 21.0. The fourth-order valence-electron chi connectivity index (χ4n) is 12.6. The number of hydrogen-bond donors (Lipinski definition) is 0. The van der Waals surface area contributed by atoms with Crippen LogP contribution in [0.25, 0.3) is 99.7 Å². The quantitative estimate of drug-likeness (QED) is 0.174. The Morgan fingerprint density at radius 3 is 1.67 bits per heavy atom. The second-order valence-corrected chi connectivity index (χ2v) is 18.2. The number of rotatable bonds is 5. The van der Waals surface area contributed by atoms with Crippen LogP contribution in [0.2, 0.25) is 0 Å². The number of aromatic nitrogens is 5. The third-order valence-electron chi connectivity index (χ3n) is 14.6. The summed E-state index contributed by atoms with van der Waals surface area (Å²) in [5, 5.41) is 7.01. The lowest BCUT2D eigenvalue weighted by atomic mass is 9.49. The van der Waals surface area contributed by atoms with Crippen molar-refractivity contribution in [2.75, 3.05) is 0 Å². The van der Waals surface area contributed by atoms with Crippen molar-refractivity contribution in [3.8, 4) is 34.2 Å². The fraction of sp³-hybridized carbons (Fsp3) is 0.182. The second kappa shape index (κ2) is 12.5. The predicted molar refractivity (Wildman–Crippen MR) is 247 cm³/mol. The first kappa shape index (κ1) is 33.7. The van der Waals surface area contributed by atoms with E-state index < -0.39 is 0 Å². The maximum atomic E-state index is 7.05. The molecule has 4 fully saturated rings. The number of hydrogen-bond acceptors (Lipinski definition) is 4. The first-order chi connectivity index (χ1) is 30.2. The molecule has 0 amide bonds. The molecule has 4 aliphatic carbocycles. The molecule has 0 spiro atoms. The van der Waals surface area contributed by atoms with Gasteiger partial charge in [0.25, 0.3) is 0 Å². The molecule has 4 heterocycles. The van der Waals surface area contributed by atoms with Gasteiger partial charge in [0, 0.05) is 54.8 Å². The molecule has 0 aliphatic heterocycles. The predicted octanol–water partition coefficient (Wildman–Crippen LogP) is 13.8. The van der Waals surface area contributed by atoms with Crippen molar-refractivity contribution in [2.24, 2.45) is 17.8 Å². The Labute approximate surface area is 352 Å². The highest BCUT2D eigenvalue weighted by molar-refractivity contribution is 6.39. The molecule has 292 valence electrons. The van der Waals surface area contributed by atoms with Gasteiger partial charge in [0.2, 0.25) is 0 Å². The number of para-hydroxylation sites is 4. The van der Waals surface area contributed by atoms with Gasteiger partial charge in [-0.1, -0.05) is 115 Å². The summed E-state index contributed by atoms with van der Waals surface area (Å²) >= 11 is 0. The Morgan fingerprint density at radius 1 is 0.459 bits per heavy atom. The summed E-state index contributed by atoms with van der Waals surface area (Å²) in [6.45, 7) is 0. The average Bonchev–Trinajstić information content (AvgIpc) is 3.97. The van der Waals surface area contributed by atoms with Crippen LogP contribution in [0.5, 0.6) is 0 Å². The number of furan rings is 1. The number of nitrogens with zero attached hydrogens (tertiary/aromatic N) is 5. The van der Waals surface area contributed by atoms with Crippen LogP contribution in [0.4, 0.5) is 0 Å². The standard InChI is InChI=1S/C55H41N5O/c1-3-14-36(15-4-1)52-56-53(58-54(57-52)55-30-33-26-34(31-55)28-35(27-33)32-55)37-16-13-19-39(29-37)60-44-24-11-7-20-40(44)46-47-41-21-8-10-23-43(41)59(38-17-5-2-6-18-38)50(47)51-48(49(46)60)42-22-9-12-25-45(42)61-51/h1-25,29,33-35H,26-28,30-32H2. The molecule has 0 N–H and O–H groups in total. The van der Waals surface area contributed by atoms with Crippen LogP contribution >= 0.6 is 0 Å². The Kier molecular flexibility index (Phi) is 6.91. The summed E-state index contributed by atoms with van der Waals surface area (Å²) in [4.78, 5) is 16.2. The van der Waals surface area contributed by atoms with Crippen LogP contribution in [-0.4, -0.2) is 24.1 Å². The van der Waals surface area contributed by atoms with Crippen LogP contribution < -0.4 is 0 Å². The molecule has 4 aromatic heterocycles. The van der Waals surface area contributed by atoms with Gasteiger partial charge in [-0.15, -0.1) is 0 Å². The van der Waals surface area contributed by atoms with E-state index in [9.17, 15) is 0 Å². The molecule has 4 bridgehead atoms. The molecular formula is C55H41N5O. The van der Waals surface area contributed by atoms with E-state index >= 15 is 0 Å². The molecule has 0 radical (unpaired) electrons. The molecule has 11 aromatic rings. The first-order valence-corrected chi connectivity index (χ1v) is 22.0. The zero-order valence-electron chi connectivity index (χ0n) is 33.6. The van der Waals surface area contributed by atoms with Gasteiger partial charge >= 0.3 is 0 Å². The van der Waals surface area contributed by atoms with Crippen molar-refractivity contribution in [1.29, 1.82) is 0 Å². The van der Waals surface area contributed by atoms with Crippen molar-refractivity contribution in [3.05, 3.63) is 164 Å². The summed E-state index contributed by atoms with van der Waals surface area (Å²) < 4.78 is 11.9. The van der Waals surface area contributed by atoms with Gasteiger partial charge in [-0.25, -0.2) is 15.0 Å². The highest BCUT2D eigenvalue weighted by atomic mass is 16.3. The van der Waals surface area contributed by atoms with Crippen LogP contribution in [-0.2, 0) is 5.41 Å². The van der Waals surface area contributed by atoms with E-state index in [1.54, 1.807) is 0 Å². The molecule has 7 aromatic carbocycles. The van der Waals surface area contributed by atoms with E-state index in [2.05, 4.69) is 167 Å². The van der Waals surface area contributed by atoms with E-state index in [-0.39, 0.29) is 5.41 Å². The molecule has 0 saturated heterocycles. The Hall–Kier alpha value is -7.05. The monoisotopic (exact) mass is 787 g/mol. The van der Waals surface area contributed by atoms with Gasteiger partial charge in [-0.2, -0.15) is 0 Å². The van der Waals surface area contributed by atoms with Crippen LogP contribution in [0.1, 0.15) is 44.3 Å². The molecule has 6 nitrogen and oxygen atoms in total. The molecule has 4 aliphatic rings. The molecule has 0 unspecified atom stereocenters. The van der Waals surface area contributed by atoms with Crippen LogP contribution in [0.15, 0.2) is 162 Å². The maximum absolute atomic E-state index is 7.05. The minimum atomic E-state index is 0.0264. The van der Waals surface area contributed by atoms with Crippen LogP contribution in [0, 0.1) is 17.8 Å². The SMILES string of the molecule is c1ccc(-c2nc(-c3cccc(-n4c5ccccc5c5c6c7ccccc7n(-c7ccccc7)c6c6oc7ccccc7c6c54)c3)nc(C34CC5CC(CC(C5)C3)C4)n2)cc1. The fourth-order valence-corrected chi connectivity index (χ4v) is 12.6. The van der Waals surface area contributed by atoms with Crippen molar-refractivity contribution in [1.82, 2.24) is 24.1 Å². The van der Waals surface area contributed by atoms with Gasteiger partial charge < -0.3 is 13.6 Å². The lowest BCUT2D eigenvalue weighted by molar-refractivity contribution is -0.00938. The summed E-state index contributed by atoms with van der Waals surface area (Å²) in [6, 6.07) is 56.3. The third-order valence-corrected chi connectivity index (χ3v) is 14.6.